The van der Waals surface area contributed by atoms with Crippen LogP contribution in [0.3, 0.4) is 0 Å². The highest BCUT2D eigenvalue weighted by Gasteiger charge is 2.14. The van der Waals surface area contributed by atoms with Crippen LogP contribution in [0.25, 0.3) is 21.7 Å². The highest BCUT2D eigenvalue weighted by Crippen LogP contribution is 2.24. The average molecular weight is 425 g/mol. The topological polar surface area (TPSA) is 59.1 Å². The van der Waals surface area contributed by atoms with Crippen molar-refractivity contribution in [2.24, 2.45) is 0 Å². The Bertz CT molecular complexity index is 1200. The van der Waals surface area contributed by atoms with Crippen molar-refractivity contribution in [3.05, 3.63) is 95.8 Å². The van der Waals surface area contributed by atoms with E-state index in [0.717, 1.165) is 27.3 Å². The predicted molar refractivity (Wildman–Crippen MR) is 113 cm³/mol. The van der Waals surface area contributed by atoms with Gasteiger partial charge in [0.1, 0.15) is 5.82 Å². The molecule has 2 aromatic carbocycles. The maximum atomic E-state index is 13.1. The molecule has 146 valence electrons. The molecule has 0 bridgehead atoms. The third-order valence-electron chi connectivity index (χ3n) is 4.41. The van der Waals surface area contributed by atoms with Gasteiger partial charge in [-0.1, -0.05) is 30.3 Å². The maximum Gasteiger partial charge on any atom is 0.240 e. The number of hydrogen-bond acceptors (Lipinski definition) is 4. The molecule has 0 atom stereocenters. The molecule has 1 N–H and O–H groups in total. The van der Waals surface area contributed by atoms with Crippen molar-refractivity contribution in [2.75, 3.05) is 0 Å². The molecule has 0 fully saturated rings. The maximum absolute atomic E-state index is 13.1. The molecule has 2 heterocycles. The summed E-state index contributed by atoms with van der Waals surface area (Å²) in [6.07, 6.45) is 1.68. The van der Waals surface area contributed by atoms with Gasteiger partial charge in [0.05, 0.1) is 15.5 Å². The standard InChI is InChI=1S/C22H17FN2O2S2/c23-19-7-3-17(4-8-19)18-5-9-20(10-6-18)29(26,27)25-15-16-11-12-24-21(14-16)22-2-1-13-28-22/h1-14,25H,15H2. The van der Waals surface area contributed by atoms with Crippen LogP contribution in [-0.4, -0.2) is 13.4 Å². The van der Waals surface area contributed by atoms with Crippen LogP contribution in [0.2, 0.25) is 0 Å². The fourth-order valence-electron chi connectivity index (χ4n) is 2.87. The van der Waals surface area contributed by atoms with Gasteiger partial charge in [-0.2, -0.15) is 0 Å². The number of aromatic nitrogens is 1. The van der Waals surface area contributed by atoms with E-state index in [4.69, 9.17) is 0 Å². The molecule has 0 saturated heterocycles. The molecule has 0 aliphatic rings. The molecule has 0 aliphatic carbocycles. The van der Waals surface area contributed by atoms with Gasteiger partial charge in [-0.05, 0) is 64.5 Å². The van der Waals surface area contributed by atoms with Gasteiger partial charge < -0.3 is 0 Å². The summed E-state index contributed by atoms with van der Waals surface area (Å²) in [4.78, 5) is 5.55. The van der Waals surface area contributed by atoms with E-state index in [-0.39, 0.29) is 17.3 Å². The van der Waals surface area contributed by atoms with E-state index in [0.29, 0.717) is 0 Å². The number of rotatable bonds is 6. The first-order valence-corrected chi connectivity index (χ1v) is 11.2. The summed E-state index contributed by atoms with van der Waals surface area (Å²) in [7, 11) is -3.66. The fraction of sp³-hybridized carbons (Fsp3) is 0.0455. The summed E-state index contributed by atoms with van der Waals surface area (Å²) in [5, 5.41) is 1.97. The second-order valence-electron chi connectivity index (χ2n) is 6.38. The normalized spacial score (nSPS) is 11.5. The number of pyridine rings is 1. The lowest BCUT2D eigenvalue weighted by molar-refractivity contribution is 0.581. The van der Waals surface area contributed by atoms with Gasteiger partial charge in [0.15, 0.2) is 0 Å². The molecule has 0 unspecified atom stereocenters. The van der Waals surface area contributed by atoms with Crippen molar-refractivity contribution >= 4 is 21.4 Å². The van der Waals surface area contributed by atoms with E-state index in [1.807, 2.05) is 23.6 Å². The average Bonchev–Trinajstić information content (AvgIpc) is 3.28. The highest BCUT2D eigenvalue weighted by molar-refractivity contribution is 7.89. The first-order chi connectivity index (χ1) is 14.0. The highest BCUT2D eigenvalue weighted by atomic mass is 32.2. The minimum atomic E-state index is -3.66. The summed E-state index contributed by atoms with van der Waals surface area (Å²) in [6.45, 7) is 0.170. The first kappa shape index (κ1) is 19.4. The molecular formula is C22H17FN2O2S2. The Balaban J connectivity index is 1.48. The molecule has 29 heavy (non-hydrogen) atoms. The van der Waals surface area contributed by atoms with Gasteiger partial charge in [-0.25, -0.2) is 17.5 Å². The summed E-state index contributed by atoms with van der Waals surface area (Å²) < 4.78 is 41.0. The second-order valence-corrected chi connectivity index (χ2v) is 9.10. The molecule has 7 heteroatoms. The summed E-state index contributed by atoms with van der Waals surface area (Å²) in [6, 6.07) is 20.2. The number of nitrogens with one attached hydrogen (secondary N) is 1. The van der Waals surface area contributed by atoms with Crippen LogP contribution in [0.4, 0.5) is 4.39 Å². The third kappa shape index (κ3) is 4.59. The number of benzene rings is 2. The van der Waals surface area contributed by atoms with Crippen LogP contribution in [-0.2, 0) is 16.6 Å². The lowest BCUT2D eigenvalue weighted by Gasteiger charge is -2.09. The second kappa shape index (κ2) is 8.24. The van der Waals surface area contributed by atoms with Crippen LogP contribution in [0, 0.1) is 5.82 Å². The van der Waals surface area contributed by atoms with Gasteiger partial charge in [0, 0.05) is 12.7 Å². The van der Waals surface area contributed by atoms with Crippen molar-refractivity contribution in [3.63, 3.8) is 0 Å². The van der Waals surface area contributed by atoms with Gasteiger partial charge in [0.25, 0.3) is 0 Å². The quantitative estimate of drug-likeness (QED) is 0.469. The molecule has 0 radical (unpaired) electrons. The third-order valence-corrected chi connectivity index (χ3v) is 6.72. The van der Waals surface area contributed by atoms with Crippen LogP contribution >= 0.6 is 11.3 Å². The zero-order valence-corrected chi connectivity index (χ0v) is 16.9. The Kier molecular flexibility index (Phi) is 5.53. The number of sulfonamides is 1. The van der Waals surface area contributed by atoms with Gasteiger partial charge >= 0.3 is 0 Å². The molecule has 0 saturated carbocycles. The molecule has 4 nitrogen and oxygen atoms in total. The summed E-state index contributed by atoms with van der Waals surface area (Å²) >= 11 is 1.58. The van der Waals surface area contributed by atoms with Crippen molar-refractivity contribution in [1.29, 1.82) is 0 Å². The van der Waals surface area contributed by atoms with Crippen LogP contribution in [0.15, 0.2) is 89.3 Å². The number of nitrogens with zero attached hydrogens (tertiary/aromatic N) is 1. The monoisotopic (exact) mass is 424 g/mol. The zero-order valence-electron chi connectivity index (χ0n) is 15.2. The first-order valence-electron chi connectivity index (χ1n) is 8.86. The smallest absolute Gasteiger partial charge is 0.240 e. The van der Waals surface area contributed by atoms with Crippen molar-refractivity contribution in [1.82, 2.24) is 9.71 Å². The molecule has 0 aliphatic heterocycles. The molecule has 4 aromatic rings. The summed E-state index contributed by atoms with van der Waals surface area (Å²) in [5.74, 6) is -0.310. The SMILES string of the molecule is O=S(=O)(NCc1ccnc(-c2cccs2)c1)c1ccc(-c2ccc(F)cc2)cc1. The minimum Gasteiger partial charge on any atom is -0.255 e. The molecule has 0 amide bonds. The van der Waals surface area contributed by atoms with E-state index in [1.54, 1.807) is 60.0 Å². The Morgan fingerprint density at radius 2 is 1.62 bits per heavy atom. The molecule has 0 spiro atoms. The Morgan fingerprint density at radius 3 is 2.28 bits per heavy atom. The fourth-order valence-corrected chi connectivity index (χ4v) is 4.58. The lowest BCUT2D eigenvalue weighted by atomic mass is 10.1. The van der Waals surface area contributed by atoms with E-state index < -0.39 is 10.0 Å². The number of halogens is 1. The van der Waals surface area contributed by atoms with E-state index >= 15 is 0 Å². The van der Waals surface area contributed by atoms with Crippen molar-refractivity contribution < 1.29 is 12.8 Å². The van der Waals surface area contributed by atoms with E-state index in [2.05, 4.69) is 9.71 Å². The van der Waals surface area contributed by atoms with Crippen LogP contribution in [0.5, 0.6) is 0 Å². The minimum absolute atomic E-state index is 0.170. The Labute approximate surface area is 172 Å². The predicted octanol–water partition coefficient (Wildman–Crippen LogP) is 5.09. The molecule has 2 aromatic heterocycles. The van der Waals surface area contributed by atoms with Gasteiger partial charge in [-0.15, -0.1) is 11.3 Å². The molecule has 4 rings (SSSR count). The van der Waals surface area contributed by atoms with E-state index in [9.17, 15) is 12.8 Å². The zero-order chi connectivity index (χ0) is 20.3. The van der Waals surface area contributed by atoms with Crippen LogP contribution in [0.1, 0.15) is 5.56 Å². The lowest BCUT2D eigenvalue weighted by Crippen LogP contribution is -2.23. The van der Waals surface area contributed by atoms with Crippen LogP contribution < -0.4 is 4.72 Å². The van der Waals surface area contributed by atoms with Gasteiger partial charge in [0.2, 0.25) is 10.0 Å². The largest absolute Gasteiger partial charge is 0.255 e. The van der Waals surface area contributed by atoms with E-state index in [1.165, 1.54) is 12.1 Å². The number of hydrogen-bond donors (Lipinski definition) is 1. The van der Waals surface area contributed by atoms with Gasteiger partial charge in [-0.3, -0.25) is 4.98 Å². The van der Waals surface area contributed by atoms with Crippen molar-refractivity contribution in [2.45, 2.75) is 11.4 Å². The Morgan fingerprint density at radius 1 is 0.931 bits per heavy atom. The molecular weight excluding hydrogens is 407 g/mol. The Hall–Kier alpha value is -2.87. The summed E-state index contributed by atoms with van der Waals surface area (Å²) in [5.41, 5.74) is 3.29. The van der Waals surface area contributed by atoms with Crippen molar-refractivity contribution in [3.8, 4) is 21.7 Å². The number of thiophene rings is 1.